The Balaban J connectivity index is 1.15. The van der Waals surface area contributed by atoms with Crippen molar-refractivity contribution in [3.63, 3.8) is 0 Å². The highest BCUT2D eigenvalue weighted by Crippen LogP contribution is 2.43. The largest absolute Gasteiger partial charge is 0.460 e. The Morgan fingerprint density at radius 3 is 2.19 bits per heavy atom. The van der Waals surface area contributed by atoms with E-state index in [1.54, 1.807) is 0 Å². The number of benzene rings is 6. The van der Waals surface area contributed by atoms with Gasteiger partial charge in [0.25, 0.3) is 0 Å². The molecular weight excluding hydrogens is 635 g/mol. The third kappa shape index (κ3) is 5.92. The molecule has 0 radical (unpaired) electrons. The Morgan fingerprint density at radius 1 is 0.654 bits per heavy atom. The highest BCUT2D eigenvalue weighted by molar-refractivity contribution is 6.22. The first-order chi connectivity index (χ1) is 25.7. The molecule has 7 aromatic rings. The quantitative estimate of drug-likeness (QED) is 0.128. The standard InChI is InChI=1S/C48H37N3O/c1-49-48(51-47(36-16-6-3-7-17-36)50-31-32-13-4-2-5-14-32)42-30-43-45-39(21-12-22-44(45)52-46(43)41-20-11-10-19-40(41)42)35-26-23-34(24-27-35)38-28-25-33-15-8-9-18-37(33)29-38/h2-7,9-11,13-14,16-21,23-30H,1,8,12,15,22,31H2. The molecule has 0 unspecified atom stereocenters. The van der Waals surface area contributed by atoms with Crippen molar-refractivity contribution in [3.05, 3.63) is 190 Å². The monoisotopic (exact) mass is 671 g/mol. The van der Waals surface area contributed by atoms with Gasteiger partial charge in [0, 0.05) is 33.9 Å². The van der Waals surface area contributed by atoms with E-state index >= 15 is 0 Å². The number of amidine groups is 2. The molecule has 0 aliphatic heterocycles. The van der Waals surface area contributed by atoms with Gasteiger partial charge in [-0.05, 0) is 82.5 Å². The van der Waals surface area contributed by atoms with E-state index < -0.39 is 0 Å². The predicted molar refractivity (Wildman–Crippen MR) is 218 cm³/mol. The van der Waals surface area contributed by atoms with E-state index in [2.05, 4.69) is 115 Å². The van der Waals surface area contributed by atoms with Crippen LogP contribution in [0.15, 0.2) is 165 Å². The minimum atomic E-state index is 0.504. The van der Waals surface area contributed by atoms with Crippen LogP contribution < -0.4 is 0 Å². The molecule has 0 spiro atoms. The average Bonchev–Trinajstić information content (AvgIpc) is 3.60. The number of aliphatic imine (C=N–C) groups is 3. The Morgan fingerprint density at radius 2 is 1.38 bits per heavy atom. The summed E-state index contributed by atoms with van der Waals surface area (Å²) in [5.41, 5.74) is 12.5. The zero-order valence-electron chi connectivity index (χ0n) is 28.9. The van der Waals surface area contributed by atoms with E-state index in [1.165, 1.54) is 33.4 Å². The van der Waals surface area contributed by atoms with Gasteiger partial charge in [-0.3, -0.25) is 4.99 Å². The van der Waals surface area contributed by atoms with Crippen LogP contribution >= 0.6 is 0 Å². The molecule has 0 N–H and O–H groups in total. The zero-order chi connectivity index (χ0) is 34.9. The molecule has 0 bridgehead atoms. The van der Waals surface area contributed by atoms with Crippen molar-refractivity contribution in [2.75, 3.05) is 0 Å². The van der Waals surface area contributed by atoms with Gasteiger partial charge >= 0.3 is 0 Å². The predicted octanol–water partition coefficient (Wildman–Crippen LogP) is 11.7. The molecule has 1 aromatic heterocycles. The molecule has 4 heteroatoms. The Hall–Kier alpha value is -6.39. The van der Waals surface area contributed by atoms with Crippen molar-refractivity contribution in [1.82, 2.24) is 0 Å². The summed E-state index contributed by atoms with van der Waals surface area (Å²) in [4.78, 5) is 14.7. The maximum Gasteiger partial charge on any atom is 0.161 e. The summed E-state index contributed by atoms with van der Waals surface area (Å²) in [6.45, 7) is 4.51. The van der Waals surface area contributed by atoms with E-state index in [0.717, 1.165) is 75.4 Å². The molecular formula is C48H37N3O. The van der Waals surface area contributed by atoms with Crippen molar-refractivity contribution in [3.8, 4) is 11.1 Å². The fourth-order valence-corrected chi connectivity index (χ4v) is 7.59. The van der Waals surface area contributed by atoms with Gasteiger partial charge in [0.1, 0.15) is 11.3 Å². The summed E-state index contributed by atoms with van der Waals surface area (Å²) < 4.78 is 6.75. The van der Waals surface area contributed by atoms with Gasteiger partial charge in [0.05, 0.1) is 6.54 Å². The number of nitrogens with zero attached hydrogens (tertiary/aromatic N) is 3. The van der Waals surface area contributed by atoms with E-state index in [4.69, 9.17) is 14.4 Å². The Bertz CT molecular complexity index is 2590. The maximum absolute atomic E-state index is 6.75. The van der Waals surface area contributed by atoms with Crippen molar-refractivity contribution >= 4 is 51.8 Å². The lowest BCUT2D eigenvalue weighted by atomic mass is 9.87. The molecule has 0 atom stereocenters. The number of fused-ring (bicyclic) bond motifs is 6. The van der Waals surface area contributed by atoms with E-state index in [0.29, 0.717) is 18.2 Å². The molecule has 9 rings (SSSR count). The van der Waals surface area contributed by atoms with Crippen molar-refractivity contribution in [2.45, 2.75) is 32.2 Å². The van der Waals surface area contributed by atoms with Gasteiger partial charge in [-0.15, -0.1) is 0 Å². The van der Waals surface area contributed by atoms with Crippen LogP contribution in [-0.4, -0.2) is 18.4 Å². The fourth-order valence-electron chi connectivity index (χ4n) is 7.59. The minimum absolute atomic E-state index is 0.504. The van der Waals surface area contributed by atoms with Crippen molar-refractivity contribution in [2.24, 2.45) is 15.0 Å². The lowest BCUT2D eigenvalue weighted by Crippen LogP contribution is -2.06. The van der Waals surface area contributed by atoms with Gasteiger partial charge in [0.2, 0.25) is 0 Å². The van der Waals surface area contributed by atoms with Gasteiger partial charge in [-0.25, -0.2) is 9.98 Å². The van der Waals surface area contributed by atoms with Gasteiger partial charge in [-0.1, -0.05) is 140 Å². The summed E-state index contributed by atoms with van der Waals surface area (Å²) in [5.74, 6) is 2.15. The molecule has 0 amide bonds. The highest BCUT2D eigenvalue weighted by atomic mass is 16.3. The fraction of sp³-hybridized carbons (Fsp3) is 0.104. The molecule has 6 aromatic carbocycles. The smallest absolute Gasteiger partial charge is 0.161 e. The first kappa shape index (κ1) is 31.6. The van der Waals surface area contributed by atoms with Crippen molar-refractivity contribution in [1.29, 1.82) is 0 Å². The summed E-state index contributed by atoms with van der Waals surface area (Å²) in [6, 6.07) is 46.7. The Kier molecular flexibility index (Phi) is 8.34. The van der Waals surface area contributed by atoms with Gasteiger partial charge in [-0.2, -0.15) is 0 Å². The third-order valence-corrected chi connectivity index (χ3v) is 10.2. The first-order valence-corrected chi connectivity index (χ1v) is 18.0. The second-order valence-electron chi connectivity index (χ2n) is 13.4. The summed E-state index contributed by atoms with van der Waals surface area (Å²) >= 11 is 0. The molecule has 4 nitrogen and oxygen atoms in total. The highest BCUT2D eigenvalue weighted by Gasteiger charge is 2.25. The van der Waals surface area contributed by atoms with Crippen LogP contribution in [0.5, 0.6) is 0 Å². The average molecular weight is 672 g/mol. The second-order valence-corrected chi connectivity index (χ2v) is 13.4. The molecule has 250 valence electrons. The van der Waals surface area contributed by atoms with Crippen LogP contribution in [-0.2, 0) is 19.4 Å². The van der Waals surface area contributed by atoms with Crippen LogP contribution in [0.3, 0.4) is 0 Å². The van der Waals surface area contributed by atoms with Crippen LogP contribution in [0.25, 0.3) is 44.5 Å². The zero-order valence-corrected chi connectivity index (χ0v) is 28.9. The lowest BCUT2D eigenvalue weighted by molar-refractivity contribution is 0.548. The lowest BCUT2D eigenvalue weighted by Gasteiger charge is -2.16. The number of hydrogen-bond donors (Lipinski definition) is 0. The van der Waals surface area contributed by atoms with E-state index in [-0.39, 0.29) is 0 Å². The Labute approximate surface area is 303 Å². The molecule has 0 fully saturated rings. The number of aryl methyl sites for hydroxylation is 2. The summed E-state index contributed by atoms with van der Waals surface area (Å²) in [5, 5.41) is 3.09. The molecule has 2 aliphatic rings. The van der Waals surface area contributed by atoms with Crippen LogP contribution in [0, 0.1) is 0 Å². The number of furan rings is 1. The number of hydrogen-bond acceptors (Lipinski definition) is 2. The van der Waals surface area contributed by atoms with Gasteiger partial charge < -0.3 is 4.42 Å². The van der Waals surface area contributed by atoms with Crippen LogP contribution in [0.4, 0.5) is 0 Å². The van der Waals surface area contributed by atoms with E-state index in [1.807, 2.05) is 48.5 Å². The van der Waals surface area contributed by atoms with Crippen LogP contribution in [0.1, 0.15) is 57.5 Å². The first-order valence-electron chi connectivity index (χ1n) is 18.0. The molecule has 0 saturated heterocycles. The minimum Gasteiger partial charge on any atom is -0.460 e. The summed E-state index contributed by atoms with van der Waals surface area (Å²) in [7, 11) is 0. The van der Waals surface area contributed by atoms with Crippen LogP contribution in [0.2, 0.25) is 0 Å². The van der Waals surface area contributed by atoms with E-state index in [9.17, 15) is 0 Å². The number of rotatable bonds is 6. The SMILES string of the molecule is C=NC(=NC(=NCc1ccccc1)c1ccccc1)c1cc2c3c(oc2c2ccccc12)CCC=C3c1ccc(-c2ccc3c(c2)C=CCC3)cc1. The molecule has 0 saturated carbocycles. The number of allylic oxidation sites excluding steroid dienone is 2. The summed E-state index contributed by atoms with van der Waals surface area (Å²) in [6.07, 6.45) is 10.9. The van der Waals surface area contributed by atoms with Crippen molar-refractivity contribution < 1.29 is 4.42 Å². The molecule has 52 heavy (non-hydrogen) atoms. The van der Waals surface area contributed by atoms with Gasteiger partial charge in [0.15, 0.2) is 11.7 Å². The maximum atomic E-state index is 6.75. The molecule has 2 aliphatic carbocycles. The second kappa shape index (κ2) is 13.7. The molecule has 1 heterocycles. The normalized spacial score (nSPS) is 14.3. The third-order valence-electron chi connectivity index (χ3n) is 10.2. The topological polar surface area (TPSA) is 50.2 Å².